The van der Waals surface area contributed by atoms with Gasteiger partial charge < -0.3 is 27.2 Å². The largest absolute Gasteiger partial charge is 0.518 e. The van der Waals surface area contributed by atoms with Crippen molar-refractivity contribution in [2.24, 2.45) is 0 Å². The average Bonchev–Trinajstić information content (AvgIpc) is 2.68. The first kappa shape index (κ1) is 32.8. The van der Waals surface area contributed by atoms with E-state index in [2.05, 4.69) is 39.3 Å². The fourth-order valence-electron chi connectivity index (χ4n) is 3.85. The number of ether oxygens (including phenoxy) is 2. The number of nitrogens with zero attached hydrogens (tertiary/aromatic N) is 1. The van der Waals surface area contributed by atoms with Crippen LogP contribution in [0.5, 0.6) is 5.75 Å². The zero-order valence-electron chi connectivity index (χ0n) is 24.8. The van der Waals surface area contributed by atoms with Crippen LogP contribution in [0.2, 0.25) is 78.6 Å². The molecule has 0 bridgehead atoms. The van der Waals surface area contributed by atoms with Gasteiger partial charge in [0.05, 0.1) is 4.92 Å². The molecule has 0 radical (unpaired) electrons. The van der Waals surface area contributed by atoms with E-state index < -0.39 is 74.9 Å². The summed E-state index contributed by atoms with van der Waals surface area (Å²) < 4.78 is 38.4. The lowest BCUT2D eigenvalue weighted by atomic mass is 9.99. The molecule has 1 heterocycles. The summed E-state index contributed by atoms with van der Waals surface area (Å²) in [6.45, 7) is 24.3. The van der Waals surface area contributed by atoms with Crippen LogP contribution in [0.3, 0.4) is 0 Å². The molecule has 1 aliphatic heterocycles. The van der Waals surface area contributed by atoms with E-state index in [-0.39, 0.29) is 5.69 Å². The first-order chi connectivity index (χ1) is 17.0. The van der Waals surface area contributed by atoms with Gasteiger partial charge in [-0.05, 0) is 90.7 Å². The van der Waals surface area contributed by atoms with Crippen molar-refractivity contribution in [3.8, 4) is 5.75 Å². The van der Waals surface area contributed by atoms with Crippen LogP contribution in [0.4, 0.5) is 5.69 Å². The smallest absolute Gasteiger partial charge is 0.324 e. The Balaban J connectivity index is 2.62. The van der Waals surface area contributed by atoms with E-state index in [1.807, 2.05) is 39.3 Å². The second kappa shape index (κ2) is 12.0. The molecule has 14 heteroatoms. The summed E-state index contributed by atoms with van der Waals surface area (Å²) in [5, 5.41) is 11.1. The molecule has 0 spiro atoms. The van der Waals surface area contributed by atoms with Gasteiger partial charge in [0.25, 0.3) is 5.69 Å². The summed E-state index contributed by atoms with van der Waals surface area (Å²) in [5.41, 5.74) is -0.0584. The Bertz CT molecular complexity index is 966. The number of hydrogen-bond donors (Lipinski definition) is 0. The SMILES string of the molecule is C[Si](C)(C)OC(=O)C1OC(Oc2ccc([N+](=O)[O-])cc2)C(O[Si](C)(C)C)C(O[Si](C)(C)C)C1O[Si](C)(C)C. The lowest BCUT2D eigenvalue weighted by Gasteiger charge is -2.49. The third kappa shape index (κ3) is 10.6. The van der Waals surface area contributed by atoms with Crippen LogP contribution in [0, 0.1) is 10.1 Å². The first-order valence-corrected chi connectivity index (χ1v) is 26.5. The fraction of sp³-hybridized carbons (Fsp3) is 0.708. The molecule has 5 unspecified atom stereocenters. The molecule has 1 aromatic rings. The number of nitro benzene ring substituents is 1. The van der Waals surface area contributed by atoms with Crippen LogP contribution in [-0.2, 0) is 27.2 Å². The van der Waals surface area contributed by atoms with Gasteiger partial charge in [-0.2, -0.15) is 0 Å². The summed E-state index contributed by atoms with van der Waals surface area (Å²) in [7, 11) is -8.84. The summed E-state index contributed by atoms with van der Waals surface area (Å²) in [6, 6.07) is 5.72. The lowest BCUT2D eigenvalue weighted by molar-refractivity contribution is -0.384. The van der Waals surface area contributed by atoms with E-state index in [1.54, 1.807) is 0 Å². The van der Waals surface area contributed by atoms with Crippen molar-refractivity contribution < 1.29 is 36.9 Å². The number of nitro groups is 1. The second-order valence-electron chi connectivity index (χ2n) is 13.4. The maximum atomic E-state index is 13.5. The molecule has 0 aromatic heterocycles. The molecule has 1 fully saturated rings. The molecule has 10 nitrogen and oxygen atoms in total. The highest BCUT2D eigenvalue weighted by atomic mass is 28.4. The van der Waals surface area contributed by atoms with Crippen molar-refractivity contribution >= 4 is 44.9 Å². The molecular weight excluding hydrogens is 559 g/mol. The monoisotopic (exact) mass is 603 g/mol. The summed E-state index contributed by atoms with van der Waals surface area (Å²) >= 11 is 0. The minimum absolute atomic E-state index is 0.0584. The molecule has 0 saturated carbocycles. The van der Waals surface area contributed by atoms with Gasteiger partial charge >= 0.3 is 5.97 Å². The van der Waals surface area contributed by atoms with Crippen molar-refractivity contribution in [3.05, 3.63) is 34.4 Å². The second-order valence-corrected chi connectivity index (χ2v) is 31.2. The molecule has 0 N–H and O–H groups in total. The van der Waals surface area contributed by atoms with Gasteiger partial charge in [-0.1, -0.05) is 0 Å². The summed E-state index contributed by atoms with van der Waals surface area (Å²) in [6.07, 6.45) is -4.25. The van der Waals surface area contributed by atoms with Crippen molar-refractivity contribution in [2.45, 2.75) is 109 Å². The van der Waals surface area contributed by atoms with E-state index >= 15 is 0 Å². The molecule has 1 aliphatic rings. The fourth-order valence-corrected chi connectivity index (χ4v) is 7.79. The van der Waals surface area contributed by atoms with Gasteiger partial charge in [0.15, 0.2) is 31.1 Å². The van der Waals surface area contributed by atoms with E-state index in [1.165, 1.54) is 24.3 Å². The van der Waals surface area contributed by atoms with Gasteiger partial charge in [0.1, 0.15) is 24.1 Å². The molecule has 216 valence electrons. The Labute approximate surface area is 231 Å². The zero-order chi connectivity index (χ0) is 29.3. The van der Waals surface area contributed by atoms with Crippen LogP contribution in [0.25, 0.3) is 0 Å². The quantitative estimate of drug-likeness (QED) is 0.177. The van der Waals surface area contributed by atoms with Crippen LogP contribution in [0.1, 0.15) is 0 Å². The molecule has 1 saturated heterocycles. The molecule has 5 atom stereocenters. The maximum Gasteiger partial charge on any atom is 0.324 e. The summed E-state index contributed by atoms with van der Waals surface area (Å²) in [4.78, 5) is 24.2. The Morgan fingerprint density at radius 1 is 0.737 bits per heavy atom. The van der Waals surface area contributed by atoms with E-state index in [4.69, 9.17) is 27.2 Å². The number of carbonyl (C=O) groups excluding carboxylic acids is 1. The topological polar surface area (TPSA) is 116 Å². The minimum Gasteiger partial charge on any atom is -0.518 e. The molecule has 1 aromatic carbocycles. The Kier molecular flexibility index (Phi) is 10.4. The van der Waals surface area contributed by atoms with E-state index in [9.17, 15) is 14.9 Å². The van der Waals surface area contributed by atoms with E-state index in [0.717, 1.165) is 0 Å². The minimum atomic E-state index is -2.26. The highest BCUT2D eigenvalue weighted by Gasteiger charge is 2.55. The number of benzene rings is 1. The van der Waals surface area contributed by atoms with Crippen LogP contribution >= 0.6 is 0 Å². The molecule has 38 heavy (non-hydrogen) atoms. The predicted octanol–water partition coefficient (Wildman–Crippen LogP) is 5.74. The summed E-state index contributed by atoms with van der Waals surface area (Å²) in [5.74, 6) is -0.168. The standard InChI is InChI=1S/C24H45NO9Si4/c1-35(2,3)31-19-20(32-36(4,5)6)22(33-37(7,8)9)24(30-21(19)23(26)34-38(10,11)12)29-18-15-13-17(14-16-18)25(27)28/h13-16,19-22,24H,1-12H3. The maximum absolute atomic E-state index is 13.5. The van der Waals surface area contributed by atoms with Crippen molar-refractivity contribution in [3.63, 3.8) is 0 Å². The highest BCUT2D eigenvalue weighted by Crippen LogP contribution is 2.35. The van der Waals surface area contributed by atoms with Gasteiger partial charge in [-0.15, -0.1) is 0 Å². The predicted molar refractivity (Wildman–Crippen MR) is 156 cm³/mol. The number of carbonyl (C=O) groups is 1. The van der Waals surface area contributed by atoms with Crippen LogP contribution in [0.15, 0.2) is 24.3 Å². The molecular formula is C24H45NO9Si4. The van der Waals surface area contributed by atoms with Crippen molar-refractivity contribution in [2.75, 3.05) is 0 Å². The molecule has 2 rings (SSSR count). The normalized spacial score (nSPS) is 25.1. The lowest BCUT2D eigenvalue weighted by Crippen LogP contribution is -2.68. The molecule has 0 amide bonds. The van der Waals surface area contributed by atoms with Gasteiger partial charge in [-0.3, -0.25) is 14.9 Å². The van der Waals surface area contributed by atoms with Crippen molar-refractivity contribution in [1.82, 2.24) is 0 Å². The van der Waals surface area contributed by atoms with Crippen molar-refractivity contribution in [1.29, 1.82) is 0 Å². The van der Waals surface area contributed by atoms with Gasteiger partial charge in [-0.25, -0.2) is 0 Å². The number of non-ortho nitro benzene ring substituents is 1. The zero-order valence-corrected chi connectivity index (χ0v) is 28.8. The molecule has 0 aliphatic carbocycles. The third-order valence-electron chi connectivity index (χ3n) is 4.90. The van der Waals surface area contributed by atoms with Crippen LogP contribution < -0.4 is 4.74 Å². The average molecular weight is 604 g/mol. The third-order valence-corrected chi connectivity index (χ3v) is 8.65. The number of rotatable bonds is 11. The first-order valence-electron chi connectivity index (χ1n) is 12.9. The Morgan fingerprint density at radius 2 is 1.18 bits per heavy atom. The van der Waals surface area contributed by atoms with Gasteiger partial charge in [0, 0.05) is 12.1 Å². The van der Waals surface area contributed by atoms with Crippen LogP contribution in [-0.4, -0.2) is 74.9 Å². The number of hydrogen-bond acceptors (Lipinski definition) is 9. The van der Waals surface area contributed by atoms with Gasteiger partial charge in [0.2, 0.25) is 14.6 Å². The highest BCUT2D eigenvalue weighted by molar-refractivity contribution is 6.71. The van der Waals surface area contributed by atoms with E-state index in [0.29, 0.717) is 5.75 Å². The Hall–Kier alpha value is -1.40. The Morgan fingerprint density at radius 3 is 1.61 bits per heavy atom.